The van der Waals surface area contributed by atoms with Crippen LogP contribution in [0.2, 0.25) is 0 Å². The van der Waals surface area contributed by atoms with Crippen LogP contribution in [0.3, 0.4) is 0 Å². The summed E-state index contributed by atoms with van der Waals surface area (Å²) in [5.74, 6) is 0. The molecule has 2 saturated heterocycles. The first-order valence-electron chi connectivity index (χ1n) is 6.93. The maximum Gasteiger partial charge on any atom is 0.129 e. The fourth-order valence-corrected chi connectivity index (χ4v) is 3.18. The Bertz CT molecular complexity index is 289. The number of nitrogens with zero attached hydrogens (tertiary/aromatic N) is 1. The van der Waals surface area contributed by atoms with Gasteiger partial charge in [-0.3, -0.25) is 4.90 Å². The molecule has 2 aliphatic heterocycles. The fraction of sp³-hybridized carbons (Fsp3) is 0.929. The number of aldehydes is 1. The largest absolute Gasteiger partial charge is 0.380 e. The van der Waals surface area contributed by atoms with Crippen LogP contribution >= 0.6 is 0 Å². The molecule has 2 aliphatic rings. The smallest absolute Gasteiger partial charge is 0.129 e. The van der Waals surface area contributed by atoms with Crippen molar-refractivity contribution in [3.8, 4) is 0 Å². The first kappa shape index (κ1) is 14.0. The third kappa shape index (κ3) is 3.11. The quantitative estimate of drug-likeness (QED) is 0.713. The second-order valence-electron chi connectivity index (χ2n) is 6.10. The Morgan fingerprint density at radius 2 is 2.22 bits per heavy atom. The zero-order valence-corrected chi connectivity index (χ0v) is 11.6. The summed E-state index contributed by atoms with van der Waals surface area (Å²) in [7, 11) is 1.78. The van der Waals surface area contributed by atoms with Crippen molar-refractivity contribution in [2.24, 2.45) is 5.41 Å². The summed E-state index contributed by atoms with van der Waals surface area (Å²) >= 11 is 0. The number of methoxy groups -OCH3 is 1. The van der Waals surface area contributed by atoms with Crippen molar-refractivity contribution in [3.63, 3.8) is 0 Å². The monoisotopic (exact) mass is 255 g/mol. The van der Waals surface area contributed by atoms with Crippen molar-refractivity contribution in [2.75, 3.05) is 40.0 Å². The molecule has 0 spiro atoms. The lowest BCUT2D eigenvalue weighted by molar-refractivity contribution is -0.128. The van der Waals surface area contributed by atoms with Crippen molar-refractivity contribution in [3.05, 3.63) is 0 Å². The van der Waals surface area contributed by atoms with Gasteiger partial charge in [0.15, 0.2) is 0 Å². The van der Waals surface area contributed by atoms with Crippen LogP contribution in [0.1, 0.15) is 32.6 Å². The van der Waals surface area contributed by atoms with Crippen LogP contribution in [-0.4, -0.2) is 56.7 Å². The summed E-state index contributed by atoms with van der Waals surface area (Å²) in [4.78, 5) is 13.8. The van der Waals surface area contributed by atoms with E-state index in [1.807, 2.05) is 0 Å². The van der Waals surface area contributed by atoms with E-state index in [9.17, 15) is 4.79 Å². The maximum atomic E-state index is 11.4. The summed E-state index contributed by atoms with van der Waals surface area (Å²) < 4.78 is 11.1. The van der Waals surface area contributed by atoms with Gasteiger partial charge in [0.25, 0.3) is 0 Å². The highest BCUT2D eigenvalue weighted by Gasteiger charge is 2.38. The SMILES string of the molecule is COC1(C)CCCN(CC2(C=O)CCCOC2)C1. The first-order chi connectivity index (χ1) is 8.61. The van der Waals surface area contributed by atoms with E-state index in [0.717, 1.165) is 58.2 Å². The minimum absolute atomic E-state index is 0.0577. The number of hydrogen-bond acceptors (Lipinski definition) is 4. The third-order valence-corrected chi connectivity index (χ3v) is 4.37. The van der Waals surface area contributed by atoms with Gasteiger partial charge < -0.3 is 14.3 Å². The molecule has 4 heteroatoms. The molecule has 2 fully saturated rings. The highest BCUT2D eigenvalue weighted by atomic mass is 16.5. The average molecular weight is 255 g/mol. The van der Waals surface area contributed by atoms with Crippen LogP contribution in [0, 0.1) is 5.41 Å². The van der Waals surface area contributed by atoms with Crippen LogP contribution in [0.25, 0.3) is 0 Å². The van der Waals surface area contributed by atoms with E-state index in [-0.39, 0.29) is 11.0 Å². The van der Waals surface area contributed by atoms with Gasteiger partial charge in [-0.2, -0.15) is 0 Å². The molecule has 2 rings (SSSR count). The summed E-state index contributed by atoms with van der Waals surface area (Å²) in [5, 5.41) is 0. The molecule has 0 bridgehead atoms. The Morgan fingerprint density at radius 3 is 2.83 bits per heavy atom. The van der Waals surface area contributed by atoms with Crippen LogP contribution < -0.4 is 0 Å². The van der Waals surface area contributed by atoms with E-state index in [1.165, 1.54) is 0 Å². The molecule has 0 aromatic rings. The van der Waals surface area contributed by atoms with Gasteiger partial charge in [0, 0.05) is 26.8 Å². The normalized spacial score (nSPS) is 38.6. The molecule has 0 N–H and O–H groups in total. The topological polar surface area (TPSA) is 38.8 Å². The zero-order chi connectivity index (χ0) is 13.1. The number of likely N-dealkylation sites (tertiary alicyclic amines) is 1. The average Bonchev–Trinajstić information content (AvgIpc) is 2.40. The minimum Gasteiger partial charge on any atom is -0.380 e. The Kier molecular flexibility index (Phi) is 4.41. The molecule has 0 aromatic carbocycles. The second kappa shape index (κ2) is 5.68. The van der Waals surface area contributed by atoms with Crippen LogP contribution in [-0.2, 0) is 14.3 Å². The summed E-state index contributed by atoms with van der Waals surface area (Å²) in [6.45, 7) is 6.33. The molecule has 0 amide bonds. The van der Waals surface area contributed by atoms with E-state index < -0.39 is 0 Å². The number of hydrogen-bond donors (Lipinski definition) is 0. The lowest BCUT2D eigenvalue weighted by Crippen LogP contribution is -2.52. The zero-order valence-electron chi connectivity index (χ0n) is 11.6. The summed E-state index contributed by atoms with van der Waals surface area (Å²) in [6, 6.07) is 0. The van der Waals surface area contributed by atoms with Crippen molar-refractivity contribution < 1.29 is 14.3 Å². The number of carbonyl (C=O) groups excluding carboxylic acids is 1. The molecular formula is C14H25NO3. The number of ether oxygens (including phenoxy) is 2. The Hall–Kier alpha value is -0.450. The molecular weight excluding hydrogens is 230 g/mol. The number of carbonyl (C=O) groups is 1. The van der Waals surface area contributed by atoms with Gasteiger partial charge in [-0.25, -0.2) is 0 Å². The van der Waals surface area contributed by atoms with Crippen molar-refractivity contribution in [1.82, 2.24) is 4.90 Å². The van der Waals surface area contributed by atoms with Gasteiger partial charge in [-0.05, 0) is 39.2 Å². The van der Waals surface area contributed by atoms with Crippen LogP contribution in [0.5, 0.6) is 0 Å². The highest BCUT2D eigenvalue weighted by molar-refractivity contribution is 5.60. The summed E-state index contributed by atoms with van der Waals surface area (Å²) in [5.41, 5.74) is -0.345. The molecule has 0 aromatic heterocycles. The molecule has 2 unspecified atom stereocenters. The molecule has 4 nitrogen and oxygen atoms in total. The van der Waals surface area contributed by atoms with E-state index in [2.05, 4.69) is 11.8 Å². The van der Waals surface area contributed by atoms with Crippen molar-refractivity contribution in [2.45, 2.75) is 38.2 Å². The molecule has 2 heterocycles. The molecule has 0 radical (unpaired) electrons. The molecule has 0 saturated carbocycles. The molecule has 104 valence electrons. The molecule has 0 aliphatic carbocycles. The highest BCUT2D eigenvalue weighted by Crippen LogP contribution is 2.31. The van der Waals surface area contributed by atoms with Crippen molar-refractivity contribution >= 4 is 6.29 Å². The van der Waals surface area contributed by atoms with E-state index >= 15 is 0 Å². The predicted octanol–water partition coefficient (Wildman–Crippen LogP) is 1.48. The Balaban J connectivity index is 1.97. The maximum absolute atomic E-state index is 11.4. The Morgan fingerprint density at radius 1 is 1.39 bits per heavy atom. The lowest BCUT2D eigenvalue weighted by atomic mass is 9.82. The molecule has 18 heavy (non-hydrogen) atoms. The van der Waals surface area contributed by atoms with Gasteiger partial charge in [-0.1, -0.05) is 0 Å². The van der Waals surface area contributed by atoms with Gasteiger partial charge >= 0.3 is 0 Å². The number of rotatable bonds is 4. The van der Waals surface area contributed by atoms with Gasteiger partial charge in [0.1, 0.15) is 6.29 Å². The van der Waals surface area contributed by atoms with Crippen LogP contribution in [0.4, 0.5) is 0 Å². The van der Waals surface area contributed by atoms with E-state index in [0.29, 0.717) is 6.61 Å². The molecule has 2 atom stereocenters. The lowest BCUT2D eigenvalue weighted by Gasteiger charge is -2.43. The first-order valence-corrected chi connectivity index (χ1v) is 6.93. The van der Waals surface area contributed by atoms with E-state index in [4.69, 9.17) is 9.47 Å². The predicted molar refractivity (Wildman–Crippen MR) is 69.6 cm³/mol. The van der Waals surface area contributed by atoms with Crippen molar-refractivity contribution in [1.29, 1.82) is 0 Å². The van der Waals surface area contributed by atoms with Gasteiger partial charge in [-0.15, -0.1) is 0 Å². The van der Waals surface area contributed by atoms with E-state index in [1.54, 1.807) is 7.11 Å². The van der Waals surface area contributed by atoms with Gasteiger partial charge in [0.2, 0.25) is 0 Å². The number of piperidine rings is 1. The fourth-order valence-electron chi connectivity index (χ4n) is 3.18. The van der Waals surface area contributed by atoms with Gasteiger partial charge in [0.05, 0.1) is 17.6 Å². The minimum atomic E-state index is -0.287. The second-order valence-corrected chi connectivity index (χ2v) is 6.10. The summed E-state index contributed by atoms with van der Waals surface area (Å²) in [6.07, 6.45) is 5.31. The standard InChI is InChI=1S/C14H25NO3/c1-13(17-2)5-3-7-15(9-13)10-14(11-16)6-4-8-18-12-14/h11H,3-10,12H2,1-2H3. The Labute approximate surface area is 110 Å². The third-order valence-electron chi connectivity index (χ3n) is 4.37. The van der Waals surface area contributed by atoms with Crippen LogP contribution in [0.15, 0.2) is 0 Å².